The predicted octanol–water partition coefficient (Wildman–Crippen LogP) is 0.938. The van der Waals surface area contributed by atoms with E-state index in [0.29, 0.717) is 5.56 Å². The lowest BCUT2D eigenvalue weighted by molar-refractivity contribution is -0.137. The number of aromatic carboxylic acids is 1. The van der Waals surface area contributed by atoms with Crippen molar-refractivity contribution in [2.24, 2.45) is 0 Å². The highest BCUT2D eigenvalue weighted by Gasteiger charge is 2.08. The molecule has 0 atom stereocenters. The van der Waals surface area contributed by atoms with Gasteiger partial charge in [0.05, 0.1) is 6.61 Å². The number of ether oxygens (including phenoxy) is 1. The molecule has 0 bridgehead atoms. The van der Waals surface area contributed by atoms with Crippen LogP contribution in [0.4, 0.5) is 5.82 Å². The van der Waals surface area contributed by atoms with E-state index in [1.807, 2.05) is 0 Å². The van der Waals surface area contributed by atoms with Crippen molar-refractivity contribution in [3.63, 3.8) is 0 Å². The molecule has 1 heterocycles. The van der Waals surface area contributed by atoms with Crippen LogP contribution in [0.3, 0.4) is 0 Å². The first-order chi connectivity index (χ1) is 8.04. The Morgan fingerprint density at radius 3 is 2.88 bits per heavy atom. The van der Waals surface area contributed by atoms with E-state index >= 15 is 0 Å². The Kier molecular flexibility index (Phi) is 4.21. The molecular formula is C11H12N2O4. The van der Waals surface area contributed by atoms with Crippen LogP contribution in [0.5, 0.6) is 0 Å². The molecule has 1 aromatic rings. The summed E-state index contributed by atoms with van der Waals surface area (Å²) in [6, 6.07) is 1.33. The number of anilines is 1. The van der Waals surface area contributed by atoms with Crippen molar-refractivity contribution in [3.05, 3.63) is 29.5 Å². The molecule has 3 N–H and O–H groups in total. The molecule has 17 heavy (non-hydrogen) atoms. The van der Waals surface area contributed by atoms with E-state index < -0.39 is 11.9 Å². The fourth-order valence-electron chi connectivity index (χ4n) is 1.11. The highest BCUT2D eigenvalue weighted by atomic mass is 16.5. The van der Waals surface area contributed by atoms with Gasteiger partial charge in [-0.05, 0) is 24.6 Å². The van der Waals surface area contributed by atoms with Crippen LogP contribution >= 0.6 is 0 Å². The molecule has 0 aliphatic rings. The quantitative estimate of drug-likeness (QED) is 0.595. The Labute approximate surface area is 97.7 Å². The van der Waals surface area contributed by atoms with Crippen molar-refractivity contribution in [2.45, 2.75) is 6.92 Å². The van der Waals surface area contributed by atoms with E-state index in [9.17, 15) is 9.59 Å². The van der Waals surface area contributed by atoms with Gasteiger partial charge in [0.1, 0.15) is 11.4 Å². The molecule has 0 fully saturated rings. The zero-order chi connectivity index (χ0) is 12.8. The molecule has 6 heteroatoms. The lowest BCUT2D eigenvalue weighted by Crippen LogP contribution is -2.04. The van der Waals surface area contributed by atoms with Crippen LogP contribution in [0.2, 0.25) is 0 Å². The molecule has 6 nitrogen and oxygen atoms in total. The van der Waals surface area contributed by atoms with Gasteiger partial charge in [0.15, 0.2) is 0 Å². The minimum atomic E-state index is -1.17. The van der Waals surface area contributed by atoms with E-state index in [4.69, 9.17) is 10.8 Å². The van der Waals surface area contributed by atoms with Crippen molar-refractivity contribution >= 4 is 23.8 Å². The van der Waals surface area contributed by atoms with Crippen LogP contribution in [0.25, 0.3) is 6.08 Å². The third-order valence-corrected chi connectivity index (χ3v) is 1.87. The molecule has 0 aliphatic heterocycles. The van der Waals surface area contributed by atoms with Gasteiger partial charge in [-0.3, -0.25) is 0 Å². The third kappa shape index (κ3) is 3.60. The standard InChI is InChI=1S/C11H12N2O4/c1-2-17-9(14)4-3-7-5-8(11(15)16)10(12)13-6-7/h3-6H,2H2,1H3,(H2,12,13)(H,15,16)/b4-3+. The van der Waals surface area contributed by atoms with Crippen LogP contribution < -0.4 is 5.73 Å². The molecule has 0 saturated carbocycles. The molecule has 0 spiro atoms. The van der Waals surface area contributed by atoms with Gasteiger partial charge in [0.2, 0.25) is 0 Å². The lowest BCUT2D eigenvalue weighted by Gasteiger charge is -2.00. The van der Waals surface area contributed by atoms with E-state index in [2.05, 4.69) is 9.72 Å². The summed E-state index contributed by atoms with van der Waals surface area (Å²) in [5, 5.41) is 8.82. The number of carboxylic acids is 1. The number of aromatic nitrogens is 1. The fourth-order valence-corrected chi connectivity index (χ4v) is 1.11. The second kappa shape index (κ2) is 5.64. The maximum atomic E-state index is 11.0. The Bertz CT molecular complexity index is 469. The van der Waals surface area contributed by atoms with Gasteiger partial charge in [-0.15, -0.1) is 0 Å². The second-order valence-electron chi connectivity index (χ2n) is 3.09. The molecule has 1 aromatic heterocycles. The maximum absolute atomic E-state index is 11.0. The van der Waals surface area contributed by atoms with Gasteiger partial charge >= 0.3 is 11.9 Å². The summed E-state index contributed by atoms with van der Waals surface area (Å²) < 4.78 is 4.68. The van der Waals surface area contributed by atoms with E-state index in [-0.39, 0.29) is 18.0 Å². The van der Waals surface area contributed by atoms with Crippen molar-refractivity contribution < 1.29 is 19.4 Å². The van der Waals surface area contributed by atoms with Crippen LogP contribution in [0.1, 0.15) is 22.8 Å². The number of carbonyl (C=O) groups is 2. The average molecular weight is 236 g/mol. The zero-order valence-corrected chi connectivity index (χ0v) is 9.21. The van der Waals surface area contributed by atoms with Crippen LogP contribution in [-0.2, 0) is 9.53 Å². The molecule has 0 amide bonds. The van der Waals surface area contributed by atoms with Crippen molar-refractivity contribution in [3.8, 4) is 0 Å². The zero-order valence-electron chi connectivity index (χ0n) is 9.21. The largest absolute Gasteiger partial charge is 0.478 e. The molecule has 0 radical (unpaired) electrons. The van der Waals surface area contributed by atoms with Gasteiger partial charge in [-0.25, -0.2) is 14.6 Å². The van der Waals surface area contributed by atoms with Crippen molar-refractivity contribution in [2.75, 3.05) is 12.3 Å². The van der Waals surface area contributed by atoms with Gasteiger partial charge in [0, 0.05) is 12.3 Å². The SMILES string of the molecule is CCOC(=O)/C=C/c1cnc(N)c(C(=O)O)c1. The monoisotopic (exact) mass is 236 g/mol. The van der Waals surface area contributed by atoms with E-state index in [1.54, 1.807) is 6.92 Å². The molecule has 0 unspecified atom stereocenters. The van der Waals surface area contributed by atoms with Crippen LogP contribution in [0.15, 0.2) is 18.3 Å². The maximum Gasteiger partial charge on any atom is 0.339 e. The average Bonchev–Trinajstić information content (AvgIpc) is 2.28. The first-order valence-electron chi connectivity index (χ1n) is 4.88. The summed E-state index contributed by atoms with van der Waals surface area (Å²) in [6.07, 6.45) is 3.98. The molecule has 0 saturated heterocycles. The Balaban J connectivity index is 2.89. The van der Waals surface area contributed by atoms with Gasteiger partial charge in [-0.2, -0.15) is 0 Å². The minimum Gasteiger partial charge on any atom is -0.478 e. The minimum absolute atomic E-state index is 0.0641. The summed E-state index contributed by atoms with van der Waals surface area (Å²) in [5.41, 5.74) is 5.75. The number of nitrogens with two attached hydrogens (primary N) is 1. The van der Waals surface area contributed by atoms with Crippen LogP contribution in [0, 0.1) is 0 Å². The molecule has 0 aromatic carbocycles. The highest BCUT2D eigenvalue weighted by Crippen LogP contribution is 2.12. The number of nitrogens with zero attached hydrogens (tertiary/aromatic N) is 1. The third-order valence-electron chi connectivity index (χ3n) is 1.87. The molecule has 0 aliphatic carbocycles. The first kappa shape index (κ1) is 12.7. The number of nitrogen functional groups attached to an aromatic ring is 1. The van der Waals surface area contributed by atoms with Crippen LogP contribution in [-0.4, -0.2) is 28.6 Å². The number of rotatable bonds is 4. The number of carbonyl (C=O) groups excluding carboxylic acids is 1. The Morgan fingerprint density at radius 2 is 2.29 bits per heavy atom. The number of carboxylic acid groups (broad SMARTS) is 1. The lowest BCUT2D eigenvalue weighted by atomic mass is 10.2. The van der Waals surface area contributed by atoms with Gasteiger partial charge < -0.3 is 15.6 Å². The predicted molar refractivity (Wildman–Crippen MR) is 61.3 cm³/mol. The summed E-state index contributed by atoms with van der Waals surface area (Å²) in [5.74, 6) is -1.73. The summed E-state index contributed by atoms with van der Waals surface area (Å²) in [6.45, 7) is 1.97. The molecule has 1 rings (SSSR count). The molecule has 90 valence electrons. The Hall–Kier alpha value is -2.37. The van der Waals surface area contributed by atoms with E-state index in [0.717, 1.165) is 0 Å². The highest BCUT2D eigenvalue weighted by molar-refractivity contribution is 5.93. The summed E-state index contributed by atoms with van der Waals surface area (Å²) in [4.78, 5) is 25.5. The smallest absolute Gasteiger partial charge is 0.339 e. The second-order valence-corrected chi connectivity index (χ2v) is 3.09. The number of esters is 1. The summed E-state index contributed by atoms with van der Waals surface area (Å²) in [7, 11) is 0. The summed E-state index contributed by atoms with van der Waals surface area (Å²) >= 11 is 0. The normalized spacial score (nSPS) is 10.4. The van der Waals surface area contributed by atoms with E-state index in [1.165, 1.54) is 24.4 Å². The van der Waals surface area contributed by atoms with Crippen molar-refractivity contribution in [1.29, 1.82) is 0 Å². The Morgan fingerprint density at radius 1 is 1.59 bits per heavy atom. The van der Waals surface area contributed by atoms with Gasteiger partial charge in [0.25, 0.3) is 0 Å². The fraction of sp³-hybridized carbons (Fsp3) is 0.182. The van der Waals surface area contributed by atoms with Gasteiger partial charge in [-0.1, -0.05) is 0 Å². The first-order valence-corrected chi connectivity index (χ1v) is 4.88. The number of pyridine rings is 1. The topological polar surface area (TPSA) is 103 Å². The number of hydrogen-bond donors (Lipinski definition) is 2. The van der Waals surface area contributed by atoms with Crippen molar-refractivity contribution in [1.82, 2.24) is 4.98 Å². The molecular weight excluding hydrogens is 224 g/mol. The number of hydrogen-bond acceptors (Lipinski definition) is 5.